The minimum absolute atomic E-state index is 0.216. The van der Waals surface area contributed by atoms with Crippen LogP contribution in [0.1, 0.15) is 43.2 Å². The molecule has 1 heterocycles. The quantitative estimate of drug-likeness (QED) is 0.390. The number of thioether (sulfide) groups is 1. The Labute approximate surface area is 161 Å². The van der Waals surface area contributed by atoms with Gasteiger partial charge in [-0.2, -0.15) is 0 Å². The Morgan fingerprint density at radius 1 is 1.08 bits per heavy atom. The molecule has 0 saturated heterocycles. The van der Waals surface area contributed by atoms with Crippen molar-refractivity contribution in [3.63, 3.8) is 0 Å². The average molecular weight is 369 g/mol. The van der Waals surface area contributed by atoms with Crippen LogP contribution in [-0.2, 0) is 12.8 Å². The van der Waals surface area contributed by atoms with E-state index in [0.29, 0.717) is 0 Å². The maximum absolute atomic E-state index is 8.90. The predicted octanol–water partition coefficient (Wildman–Crippen LogP) is 4.85. The molecule has 1 N–H and O–H groups in total. The first kappa shape index (κ1) is 19.1. The lowest BCUT2D eigenvalue weighted by Gasteiger charge is -2.33. The van der Waals surface area contributed by atoms with Crippen LogP contribution in [0, 0.1) is 5.41 Å². The van der Waals surface area contributed by atoms with E-state index in [1.165, 1.54) is 24.8 Å². The van der Waals surface area contributed by atoms with Crippen LogP contribution in [0.3, 0.4) is 0 Å². The minimum atomic E-state index is 0.216. The molecule has 4 heteroatoms. The zero-order valence-electron chi connectivity index (χ0n) is 15.3. The van der Waals surface area contributed by atoms with Crippen molar-refractivity contribution in [2.45, 2.75) is 50.1 Å². The highest BCUT2D eigenvalue weighted by Gasteiger charge is 2.28. The molecule has 1 aromatic heterocycles. The summed E-state index contributed by atoms with van der Waals surface area (Å²) in [5.74, 6) is 1.03. The number of aryl methyl sites for hydroxylation is 1. The van der Waals surface area contributed by atoms with Gasteiger partial charge in [-0.25, -0.2) is 9.97 Å². The number of allylic oxidation sites excluding steroid dienone is 2. The van der Waals surface area contributed by atoms with Crippen molar-refractivity contribution < 1.29 is 5.11 Å². The van der Waals surface area contributed by atoms with Gasteiger partial charge in [-0.3, -0.25) is 0 Å². The van der Waals surface area contributed by atoms with Crippen molar-refractivity contribution >= 4 is 11.8 Å². The van der Waals surface area contributed by atoms with Crippen LogP contribution in [0.25, 0.3) is 0 Å². The highest BCUT2D eigenvalue weighted by atomic mass is 32.2. The van der Waals surface area contributed by atoms with Crippen molar-refractivity contribution in [3.05, 3.63) is 66.0 Å². The number of aromatic nitrogens is 2. The van der Waals surface area contributed by atoms with Gasteiger partial charge in [-0.1, -0.05) is 54.2 Å². The van der Waals surface area contributed by atoms with E-state index < -0.39 is 0 Å². The Kier molecular flexibility index (Phi) is 7.27. The average Bonchev–Trinajstić information content (AvgIpc) is 2.69. The van der Waals surface area contributed by atoms with E-state index in [1.54, 1.807) is 11.8 Å². The number of nitrogens with zero attached hydrogens (tertiary/aromatic N) is 2. The fourth-order valence-electron chi connectivity index (χ4n) is 3.61. The lowest BCUT2D eigenvalue weighted by Crippen LogP contribution is -2.24. The van der Waals surface area contributed by atoms with Gasteiger partial charge in [0.2, 0.25) is 0 Å². The number of rotatable bonds is 9. The van der Waals surface area contributed by atoms with Crippen molar-refractivity contribution in [2.24, 2.45) is 5.41 Å². The van der Waals surface area contributed by atoms with E-state index in [4.69, 9.17) is 5.11 Å². The lowest BCUT2D eigenvalue weighted by molar-refractivity contribution is 0.288. The Balaban J connectivity index is 1.56. The van der Waals surface area contributed by atoms with Crippen molar-refractivity contribution in [1.82, 2.24) is 9.97 Å². The Hall–Kier alpha value is -1.65. The number of hydrogen-bond acceptors (Lipinski definition) is 4. The molecule has 1 aliphatic carbocycles. The van der Waals surface area contributed by atoms with Gasteiger partial charge in [0.05, 0.1) is 0 Å². The largest absolute Gasteiger partial charge is 0.396 e. The van der Waals surface area contributed by atoms with Crippen LogP contribution in [0.4, 0.5) is 0 Å². The first-order valence-corrected chi connectivity index (χ1v) is 10.5. The molecule has 3 nitrogen and oxygen atoms in total. The summed E-state index contributed by atoms with van der Waals surface area (Å²) in [5, 5.41) is 9.76. The summed E-state index contributed by atoms with van der Waals surface area (Å²) in [5.41, 5.74) is 2.79. The summed E-state index contributed by atoms with van der Waals surface area (Å²) in [6.07, 6.45) is 16.2. The molecule has 2 aromatic rings. The van der Waals surface area contributed by atoms with Crippen LogP contribution in [0.2, 0.25) is 0 Å². The van der Waals surface area contributed by atoms with Gasteiger partial charge >= 0.3 is 0 Å². The summed E-state index contributed by atoms with van der Waals surface area (Å²) in [6.45, 7) is 0.216. The zero-order chi connectivity index (χ0) is 18.1. The van der Waals surface area contributed by atoms with Crippen LogP contribution >= 0.6 is 11.8 Å². The second-order valence-electron chi connectivity index (χ2n) is 7.12. The normalized spacial score (nSPS) is 19.6. The topological polar surface area (TPSA) is 46.0 Å². The number of aliphatic hydroxyl groups is 1. The SMILES string of the molecule is OCCCc1cnc(SCCC2(Cc3ccccc3)C=CCCC2)nc1. The fourth-order valence-corrected chi connectivity index (χ4v) is 4.56. The van der Waals surface area contributed by atoms with Gasteiger partial charge in [-0.05, 0) is 61.5 Å². The molecular formula is C22H28N2OS. The van der Waals surface area contributed by atoms with E-state index in [2.05, 4.69) is 52.5 Å². The molecule has 3 rings (SSSR count). The molecule has 0 radical (unpaired) electrons. The third-order valence-corrected chi connectivity index (χ3v) is 5.93. The third kappa shape index (κ3) is 5.68. The molecule has 0 amide bonds. The summed E-state index contributed by atoms with van der Waals surface area (Å²) >= 11 is 1.75. The van der Waals surface area contributed by atoms with Crippen LogP contribution < -0.4 is 0 Å². The molecule has 1 aliphatic rings. The summed E-state index contributed by atoms with van der Waals surface area (Å²) in [6, 6.07) is 10.8. The van der Waals surface area contributed by atoms with Gasteiger partial charge in [0.15, 0.2) is 5.16 Å². The maximum Gasteiger partial charge on any atom is 0.187 e. The van der Waals surface area contributed by atoms with Gasteiger partial charge in [0.1, 0.15) is 0 Å². The molecule has 0 bridgehead atoms. The monoisotopic (exact) mass is 368 g/mol. The zero-order valence-corrected chi connectivity index (χ0v) is 16.1. The molecule has 26 heavy (non-hydrogen) atoms. The molecule has 0 aliphatic heterocycles. The van der Waals surface area contributed by atoms with Gasteiger partial charge in [-0.15, -0.1) is 0 Å². The fraction of sp³-hybridized carbons (Fsp3) is 0.455. The second-order valence-corrected chi connectivity index (χ2v) is 8.18. The van der Waals surface area contributed by atoms with Crippen molar-refractivity contribution in [2.75, 3.05) is 12.4 Å². The van der Waals surface area contributed by atoms with Crippen LogP contribution in [0.15, 0.2) is 60.0 Å². The van der Waals surface area contributed by atoms with Crippen molar-refractivity contribution in [3.8, 4) is 0 Å². The Bertz CT molecular complexity index is 687. The van der Waals surface area contributed by atoms with Crippen molar-refractivity contribution in [1.29, 1.82) is 0 Å². The first-order chi connectivity index (χ1) is 12.8. The standard InChI is InChI=1S/C22H28N2OS/c25-14-7-10-20-17-23-21(24-18-20)26-15-13-22(11-5-2-6-12-22)16-19-8-3-1-4-9-19/h1,3-5,8-9,11,17-18,25H,2,6-7,10,12-16H2. The van der Waals surface area contributed by atoms with Crippen LogP contribution in [-0.4, -0.2) is 27.4 Å². The highest BCUT2D eigenvalue weighted by molar-refractivity contribution is 7.99. The Morgan fingerprint density at radius 3 is 2.58 bits per heavy atom. The van der Waals surface area contributed by atoms with Gasteiger partial charge in [0.25, 0.3) is 0 Å². The van der Waals surface area contributed by atoms with E-state index >= 15 is 0 Å². The van der Waals surface area contributed by atoms with E-state index in [9.17, 15) is 0 Å². The molecule has 1 atom stereocenters. The van der Waals surface area contributed by atoms with Crippen LogP contribution in [0.5, 0.6) is 0 Å². The number of hydrogen-bond donors (Lipinski definition) is 1. The minimum Gasteiger partial charge on any atom is -0.396 e. The van der Waals surface area contributed by atoms with E-state index in [1.807, 2.05) is 12.4 Å². The molecule has 1 unspecified atom stereocenters. The lowest BCUT2D eigenvalue weighted by atomic mass is 9.72. The molecule has 0 saturated carbocycles. The summed E-state index contributed by atoms with van der Waals surface area (Å²) in [4.78, 5) is 8.95. The molecular weight excluding hydrogens is 340 g/mol. The molecule has 0 spiro atoms. The molecule has 0 fully saturated rings. The second kappa shape index (κ2) is 9.89. The van der Waals surface area contributed by atoms with Gasteiger partial charge in [0, 0.05) is 24.8 Å². The summed E-state index contributed by atoms with van der Waals surface area (Å²) < 4.78 is 0. The maximum atomic E-state index is 8.90. The number of benzene rings is 1. The van der Waals surface area contributed by atoms with E-state index in [-0.39, 0.29) is 12.0 Å². The predicted molar refractivity (Wildman–Crippen MR) is 108 cm³/mol. The summed E-state index contributed by atoms with van der Waals surface area (Å²) in [7, 11) is 0. The Morgan fingerprint density at radius 2 is 1.88 bits per heavy atom. The highest BCUT2D eigenvalue weighted by Crippen LogP contribution is 2.39. The first-order valence-electron chi connectivity index (χ1n) is 9.56. The number of aliphatic hydroxyl groups excluding tert-OH is 1. The third-order valence-electron chi connectivity index (χ3n) is 5.05. The van der Waals surface area contributed by atoms with Gasteiger partial charge < -0.3 is 5.11 Å². The molecule has 138 valence electrons. The molecule has 1 aromatic carbocycles. The van der Waals surface area contributed by atoms with E-state index in [0.717, 1.165) is 42.2 Å². The smallest absolute Gasteiger partial charge is 0.187 e.